The van der Waals surface area contributed by atoms with E-state index in [1.54, 1.807) is 24.3 Å². The van der Waals surface area contributed by atoms with E-state index in [2.05, 4.69) is 16.0 Å². The molecule has 0 radical (unpaired) electrons. The predicted molar refractivity (Wildman–Crippen MR) is 109 cm³/mol. The number of benzene rings is 2. The average Bonchev–Trinajstić information content (AvgIpc) is 2.65. The van der Waals surface area contributed by atoms with Gasteiger partial charge in [-0.15, -0.1) is 0 Å². The maximum atomic E-state index is 12.7. The van der Waals surface area contributed by atoms with Crippen LogP contribution in [0.4, 0.5) is 0 Å². The summed E-state index contributed by atoms with van der Waals surface area (Å²) < 4.78 is 0. The van der Waals surface area contributed by atoms with Gasteiger partial charge in [0.2, 0.25) is 11.8 Å². The van der Waals surface area contributed by atoms with Crippen LogP contribution in [0.25, 0.3) is 0 Å². The zero-order valence-corrected chi connectivity index (χ0v) is 16.5. The summed E-state index contributed by atoms with van der Waals surface area (Å²) >= 11 is 0. The molecule has 0 saturated carbocycles. The lowest BCUT2D eigenvalue weighted by atomic mass is 10.0. The summed E-state index contributed by atoms with van der Waals surface area (Å²) in [6.45, 7) is 5.45. The van der Waals surface area contributed by atoms with Gasteiger partial charge in [0.15, 0.2) is 0 Å². The van der Waals surface area contributed by atoms with Gasteiger partial charge in [-0.3, -0.25) is 14.4 Å². The molecule has 0 spiro atoms. The van der Waals surface area contributed by atoms with Crippen LogP contribution in [0.15, 0.2) is 60.7 Å². The average molecular weight is 381 g/mol. The molecule has 1 atom stereocenters. The van der Waals surface area contributed by atoms with E-state index in [-0.39, 0.29) is 23.9 Å². The Labute approximate surface area is 165 Å². The fraction of sp³-hybridized carbons (Fsp3) is 0.318. The third kappa shape index (κ3) is 7.23. The Hall–Kier alpha value is -3.15. The molecule has 0 aromatic heterocycles. The van der Waals surface area contributed by atoms with Crippen molar-refractivity contribution in [2.24, 2.45) is 0 Å². The molecule has 0 aliphatic heterocycles. The van der Waals surface area contributed by atoms with E-state index in [0.29, 0.717) is 12.0 Å². The fourth-order valence-corrected chi connectivity index (χ4v) is 2.64. The quantitative estimate of drug-likeness (QED) is 0.686. The van der Waals surface area contributed by atoms with Crippen LogP contribution in [0.5, 0.6) is 0 Å². The Kier molecular flexibility index (Phi) is 7.32. The van der Waals surface area contributed by atoms with Gasteiger partial charge in [0, 0.05) is 17.5 Å². The van der Waals surface area contributed by atoms with Crippen molar-refractivity contribution in [2.75, 3.05) is 6.54 Å². The standard InChI is InChI=1S/C22H27N3O3/c1-22(2,3)25-19(26)15-23-21(28)18(14-16-10-6-4-7-11-16)24-20(27)17-12-8-5-9-13-17/h4-13,18H,14-15H2,1-3H3,(H,23,28)(H,24,27)(H,25,26)/t18-/m1/s1. The van der Waals surface area contributed by atoms with Crippen LogP contribution in [-0.4, -0.2) is 35.8 Å². The Morgan fingerprint density at radius 2 is 1.46 bits per heavy atom. The molecule has 0 heterocycles. The Morgan fingerprint density at radius 3 is 2.04 bits per heavy atom. The molecule has 6 nitrogen and oxygen atoms in total. The van der Waals surface area contributed by atoms with Gasteiger partial charge >= 0.3 is 0 Å². The normalized spacial score (nSPS) is 12.0. The number of carbonyl (C=O) groups excluding carboxylic acids is 3. The maximum absolute atomic E-state index is 12.7. The molecule has 3 N–H and O–H groups in total. The lowest BCUT2D eigenvalue weighted by Crippen LogP contribution is -2.51. The summed E-state index contributed by atoms with van der Waals surface area (Å²) in [5.74, 6) is -1.03. The Morgan fingerprint density at radius 1 is 0.893 bits per heavy atom. The van der Waals surface area contributed by atoms with Crippen LogP contribution < -0.4 is 16.0 Å². The van der Waals surface area contributed by atoms with Crippen LogP contribution in [-0.2, 0) is 16.0 Å². The molecule has 0 saturated heterocycles. The zero-order chi connectivity index (χ0) is 20.6. The molecule has 0 fully saturated rings. The highest BCUT2D eigenvalue weighted by Gasteiger charge is 2.23. The predicted octanol–water partition coefficient (Wildman–Crippen LogP) is 2.06. The minimum absolute atomic E-state index is 0.150. The number of carbonyl (C=O) groups is 3. The van der Waals surface area contributed by atoms with Gasteiger partial charge in [0.05, 0.1) is 6.54 Å². The topological polar surface area (TPSA) is 87.3 Å². The molecule has 2 aromatic carbocycles. The summed E-state index contributed by atoms with van der Waals surface area (Å²) in [7, 11) is 0. The number of nitrogens with one attached hydrogen (secondary N) is 3. The highest BCUT2D eigenvalue weighted by molar-refractivity contribution is 5.98. The van der Waals surface area contributed by atoms with E-state index < -0.39 is 11.9 Å². The summed E-state index contributed by atoms with van der Waals surface area (Å²) in [5.41, 5.74) is 1.00. The first-order valence-corrected chi connectivity index (χ1v) is 9.23. The smallest absolute Gasteiger partial charge is 0.251 e. The minimum Gasteiger partial charge on any atom is -0.350 e. The molecular weight excluding hydrogens is 354 g/mol. The number of rotatable bonds is 7. The molecule has 3 amide bonds. The molecule has 0 bridgehead atoms. The fourth-order valence-electron chi connectivity index (χ4n) is 2.64. The molecule has 0 aliphatic rings. The molecule has 0 unspecified atom stereocenters. The van der Waals surface area contributed by atoms with Crippen LogP contribution >= 0.6 is 0 Å². The minimum atomic E-state index is -0.794. The van der Waals surface area contributed by atoms with Crippen molar-refractivity contribution in [1.29, 1.82) is 0 Å². The molecular formula is C22H27N3O3. The number of amides is 3. The lowest BCUT2D eigenvalue weighted by Gasteiger charge is -2.22. The largest absolute Gasteiger partial charge is 0.350 e. The first kappa shape index (κ1) is 21.2. The summed E-state index contributed by atoms with van der Waals surface area (Å²) in [5, 5.41) is 8.18. The van der Waals surface area contributed by atoms with Gasteiger partial charge in [0.1, 0.15) is 6.04 Å². The number of hydrogen-bond acceptors (Lipinski definition) is 3. The first-order chi connectivity index (χ1) is 13.2. The van der Waals surface area contributed by atoms with Crippen molar-refractivity contribution >= 4 is 17.7 Å². The van der Waals surface area contributed by atoms with Crippen molar-refractivity contribution in [3.63, 3.8) is 0 Å². The Balaban J connectivity index is 2.05. The van der Waals surface area contributed by atoms with Crippen LogP contribution in [0.1, 0.15) is 36.7 Å². The van der Waals surface area contributed by atoms with Crippen LogP contribution in [0, 0.1) is 0 Å². The molecule has 2 rings (SSSR count). The molecule has 148 valence electrons. The van der Waals surface area contributed by atoms with Crippen molar-refractivity contribution < 1.29 is 14.4 Å². The molecule has 2 aromatic rings. The van der Waals surface area contributed by atoms with Gasteiger partial charge in [0.25, 0.3) is 5.91 Å². The second kappa shape index (κ2) is 9.69. The summed E-state index contributed by atoms with van der Waals surface area (Å²) in [4.78, 5) is 37.2. The zero-order valence-electron chi connectivity index (χ0n) is 16.5. The Bertz CT molecular complexity index is 799. The second-order valence-electron chi connectivity index (χ2n) is 7.60. The molecule has 0 aliphatic carbocycles. The van der Waals surface area contributed by atoms with Crippen molar-refractivity contribution in [1.82, 2.24) is 16.0 Å². The van der Waals surface area contributed by atoms with E-state index in [9.17, 15) is 14.4 Å². The van der Waals surface area contributed by atoms with Crippen LogP contribution in [0.2, 0.25) is 0 Å². The third-order valence-corrected chi connectivity index (χ3v) is 3.88. The van der Waals surface area contributed by atoms with Gasteiger partial charge in [-0.05, 0) is 38.5 Å². The SMILES string of the molecule is CC(C)(C)NC(=O)CNC(=O)[C@@H](Cc1ccccc1)NC(=O)c1ccccc1. The van der Waals surface area contributed by atoms with Crippen molar-refractivity contribution in [3.8, 4) is 0 Å². The second-order valence-corrected chi connectivity index (χ2v) is 7.60. The van der Waals surface area contributed by atoms with E-state index in [1.165, 1.54) is 0 Å². The lowest BCUT2D eigenvalue weighted by molar-refractivity contribution is -0.127. The van der Waals surface area contributed by atoms with Gasteiger partial charge in [-0.1, -0.05) is 48.5 Å². The summed E-state index contributed by atoms with van der Waals surface area (Å²) in [6.07, 6.45) is 0.326. The van der Waals surface area contributed by atoms with Crippen molar-refractivity contribution in [3.05, 3.63) is 71.8 Å². The van der Waals surface area contributed by atoms with E-state index >= 15 is 0 Å². The number of hydrogen-bond donors (Lipinski definition) is 3. The van der Waals surface area contributed by atoms with Gasteiger partial charge < -0.3 is 16.0 Å². The van der Waals surface area contributed by atoms with E-state index in [1.807, 2.05) is 57.2 Å². The molecule has 6 heteroatoms. The highest BCUT2D eigenvalue weighted by atomic mass is 16.2. The first-order valence-electron chi connectivity index (χ1n) is 9.23. The maximum Gasteiger partial charge on any atom is 0.251 e. The van der Waals surface area contributed by atoms with Gasteiger partial charge in [-0.2, -0.15) is 0 Å². The molecule has 28 heavy (non-hydrogen) atoms. The van der Waals surface area contributed by atoms with E-state index in [0.717, 1.165) is 5.56 Å². The highest BCUT2D eigenvalue weighted by Crippen LogP contribution is 2.06. The van der Waals surface area contributed by atoms with Crippen LogP contribution in [0.3, 0.4) is 0 Å². The van der Waals surface area contributed by atoms with E-state index in [4.69, 9.17) is 0 Å². The summed E-state index contributed by atoms with van der Waals surface area (Å²) in [6, 6.07) is 17.3. The van der Waals surface area contributed by atoms with Gasteiger partial charge in [-0.25, -0.2) is 0 Å². The third-order valence-electron chi connectivity index (χ3n) is 3.88. The van der Waals surface area contributed by atoms with Crippen molar-refractivity contribution in [2.45, 2.75) is 38.8 Å². The monoisotopic (exact) mass is 381 g/mol.